The average molecular weight is 432 g/mol. The van der Waals surface area contributed by atoms with Crippen molar-refractivity contribution in [3.63, 3.8) is 0 Å². The maximum atomic E-state index is 12.6. The fraction of sp³-hybridized carbons (Fsp3) is 0.300. The number of nitrogens with zero attached hydrogens (tertiary/aromatic N) is 2. The molecule has 1 aliphatic heterocycles. The van der Waals surface area contributed by atoms with E-state index >= 15 is 0 Å². The van der Waals surface area contributed by atoms with Gasteiger partial charge in [0.2, 0.25) is 0 Å². The van der Waals surface area contributed by atoms with Crippen LogP contribution < -0.4 is 10.6 Å². The van der Waals surface area contributed by atoms with E-state index in [0.29, 0.717) is 18.8 Å². The number of halogens is 1. The Morgan fingerprint density at radius 1 is 1.07 bits per heavy atom. The second-order valence-corrected chi connectivity index (χ2v) is 7.34. The number of ether oxygens (including phenoxy) is 1. The number of carbonyl (C=O) groups is 2. The lowest BCUT2D eigenvalue weighted by Crippen LogP contribution is -2.51. The normalized spacial score (nSPS) is 15.3. The summed E-state index contributed by atoms with van der Waals surface area (Å²) in [4.78, 5) is 29.0. The highest BCUT2D eigenvalue weighted by molar-refractivity contribution is 9.10. The van der Waals surface area contributed by atoms with Gasteiger partial charge in [0.05, 0.1) is 5.56 Å². The molecular weight excluding hydrogens is 410 g/mol. The third kappa shape index (κ3) is 4.60. The van der Waals surface area contributed by atoms with Gasteiger partial charge in [0.25, 0.3) is 5.91 Å². The molecule has 0 aliphatic carbocycles. The van der Waals surface area contributed by atoms with Gasteiger partial charge < -0.3 is 20.3 Å². The molecule has 1 saturated heterocycles. The summed E-state index contributed by atoms with van der Waals surface area (Å²) in [6.07, 6.45) is -0.862. The van der Waals surface area contributed by atoms with Crippen LogP contribution in [-0.2, 0) is 9.53 Å². The molecule has 0 bridgehead atoms. The molecule has 0 aromatic heterocycles. The Balaban J connectivity index is 1.56. The molecule has 0 radical (unpaired) electrons. The first kappa shape index (κ1) is 19.2. The summed E-state index contributed by atoms with van der Waals surface area (Å²) in [5.41, 5.74) is 7.55. The first-order valence-corrected chi connectivity index (χ1v) is 9.60. The number of carbonyl (C=O) groups excluding carboxylic acids is 2. The predicted molar refractivity (Wildman–Crippen MR) is 109 cm³/mol. The third-order valence-electron chi connectivity index (χ3n) is 4.58. The van der Waals surface area contributed by atoms with Gasteiger partial charge in [-0.2, -0.15) is 0 Å². The fourth-order valence-electron chi connectivity index (χ4n) is 3.06. The van der Waals surface area contributed by atoms with E-state index in [-0.39, 0.29) is 11.5 Å². The molecule has 1 unspecified atom stereocenters. The lowest BCUT2D eigenvalue weighted by atomic mass is 10.2. The molecule has 27 heavy (non-hydrogen) atoms. The lowest BCUT2D eigenvalue weighted by Gasteiger charge is -2.37. The molecule has 1 atom stereocenters. The van der Waals surface area contributed by atoms with Crippen molar-refractivity contribution in [3.05, 3.63) is 58.6 Å². The van der Waals surface area contributed by atoms with E-state index in [0.717, 1.165) is 23.2 Å². The molecule has 3 rings (SSSR count). The Morgan fingerprint density at radius 3 is 2.41 bits per heavy atom. The number of nitrogens with two attached hydrogens (primary N) is 1. The van der Waals surface area contributed by atoms with Crippen LogP contribution in [0.1, 0.15) is 17.3 Å². The maximum absolute atomic E-state index is 12.6. The number of para-hydroxylation sites is 1. The summed E-state index contributed by atoms with van der Waals surface area (Å²) in [6.45, 7) is 4.27. The van der Waals surface area contributed by atoms with Crippen LogP contribution in [0.4, 0.5) is 11.4 Å². The van der Waals surface area contributed by atoms with E-state index in [1.165, 1.54) is 0 Å². The van der Waals surface area contributed by atoms with E-state index in [9.17, 15) is 9.59 Å². The van der Waals surface area contributed by atoms with Crippen LogP contribution in [-0.4, -0.2) is 49.1 Å². The molecule has 0 saturated carbocycles. The zero-order chi connectivity index (χ0) is 19.4. The second kappa shape index (κ2) is 8.43. The first-order chi connectivity index (χ1) is 13.0. The van der Waals surface area contributed by atoms with Gasteiger partial charge in [-0.15, -0.1) is 0 Å². The minimum atomic E-state index is -0.862. The average Bonchev–Trinajstić information content (AvgIpc) is 2.70. The molecule has 1 amide bonds. The Bertz CT molecular complexity index is 820. The van der Waals surface area contributed by atoms with Crippen molar-refractivity contribution >= 4 is 39.2 Å². The zero-order valence-electron chi connectivity index (χ0n) is 15.1. The number of anilines is 2. The third-order valence-corrected chi connectivity index (χ3v) is 5.07. The molecule has 1 heterocycles. The number of hydrogen-bond acceptors (Lipinski definition) is 5. The van der Waals surface area contributed by atoms with Gasteiger partial charge in [-0.05, 0) is 37.3 Å². The summed E-state index contributed by atoms with van der Waals surface area (Å²) >= 11 is 3.30. The first-order valence-electron chi connectivity index (χ1n) is 8.80. The van der Waals surface area contributed by atoms with Crippen molar-refractivity contribution in [2.24, 2.45) is 0 Å². The van der Waals surface area contributed by atoms with Gasteiger partial charge in [-0.1, -0.05) is 34.1 Å². The summed E-state index contributed by atoms with van der Waals surface area (Å²) in [7, 11) is 0. The zero-order valence-corrected chi connectivity index (χ0v) is 16.7. The lowest BCUT2D eigenvalue weighted by molar-refractivity contribution is -0.140. The van der Waals surface area contributed by atoms with Crippen molar-refractivity contribution in [2.45, 2.75) is 13.0 Å². The van der Waals surface area contributed by atoms with E-state index in [1.54, 1.807) is 30.0 Å². The number of amides is 1. The molecule has 7 heteroatoms. The maximum Gasteiger partial charge on any atom is 0.341 e. The highest BCUT2D eigenvalue weighted by atomic mass is 79.9. The standard InChI is InChI=1S/C20H22BrN3O3/c1-14(27-20(26)17-13-15(21)7-8-18(17)22)19(25)24-11-9-23(10-12-24)16-5-3-2-4-6-16/h2-8,13-14H,9-12,22H2,1H3. The van der Waals surface area contributed by atoms with Crippen LogP contribution in [0.5, 0.6) is 0 Å². The molecule has 1 fully saturated rings. The number of esters is 1. The van der Waals surface area contributed by atoms with Gasteiger partial charge in [-0.3, -0.25) is 4.79 Å². The smallest absolute Gasteiger partial charge is 0.341 e. The fourth-order valence-corrected chi connectivity index (χ4v) is 3.42. The second-order valence-electron chi connectivity index (χ2n) is 6.43. The van der Waals surface area contributed by atoms with Gasteiger partial charge in [0.1, 0.15) is 0 Å². The topological polar surface area (TPSA) is 75.9 Å². The predicted octanol–water partition coefficient (Wildman–Crippen LogP) is 2.93. The number of piperazine rings is 1. The largest absolute Gasteiger partial charge is 0.449 e. The molecular formula is C20H22BrN3O3. The summed E-state index contributed by atoms with van der Waals surface area (Å²) in [5.74, 6) is -0.790. The molecule has 0 spiro atoms. The Morgan fingerprint density at radius 2 is 1.74 bits per heavy atom. The Labute approximate surface area is 167 Å². The highest BCUT2D eigenvalue weighted by Gasteiger charge is 2.28. The van der Waals surface area contributed by atoms with Crippen molar-refractivity contribution < 1.29 is 14.3 Å². The van der Waals surface area contributed by atoms with E-state index < -0.39 is 12.1 Å². The molecule has 2 aromatic rings. The van der Waals surface area contributed by atoms with Crippen LogP contribution >= 0.6 is 15.9 Å². The number of rotatable bonds is 4. The SMILES string of the molecule is CC(OC(=O)c1cc(Br)ccc1N)C(=O)N1CCN(c2ccccc2)CC1. The van der Waals surface area contributed by atoms with Crippen LogP contribution in [0.2, 0.25) is 0 Å². The van der Waals surface area contributed by atoms with Crippen LogP contribution in [0, 0.1) is 0 Å². The van der Waals surface area contributed by atoms with Gasteiger partial charge >= 0.3 is 5.97 Å². The van der Waals surface area contributed by atoms with Gasteiger partial charge in [0, 0.05) is 42.0 Å². The summed E-state index contributed by atoms with van der Waals surface area (Å²) in [5, 5.41) is 0. The number of hydrogen-bond donors (Lipinski definition) is 1. The number of nitrogen functional groups attached to an aromatic ring is 1. The Kier molecular flexibility index (Phi) is 6.01. The van der Waals surface area contributed by atoms with E-state index in [4.69, 9.17) is 10.5 Å². The van der Waals surface area contributed by atoms with Crippen molar-refractivity contribution in [2.75, 3.05) is 36.8 Å². The van der Waals surface area contributed by atoms with E-state index in [2.05, 4.69) is 33.0 Å². The van der Waals surface area contributed by atoms with Crippen molar-refractivity contribution in [3.8, 4) is 0 Å². The molecule has 142 valence electrons. The minimum Gasteiger partial charge on any atom is -0.449 e. The Hall–Kier alpha value is -2.54. The molecule has 2 aromatic carbocycles. The quantitative estimate of drug-likeness (QED) is 0.594. The molecule has 6 nitrogen and oxygen atoms in total. The van der Waals surface area contributed by atoms with Gasteiger partial charge in [-0.25, -0.2) is 4.79 Å². The van der Waals surface area contributed by atoms with Crippen molar-refractivity contribution in [1.29, 1.82) is 0 Å². The monoisotopic (exact) mass is 431 g/mol. The van der Waals surface area contributed by atoms with Crippen LogP contribution in [0.15, 0.2) is 53.0 Å². The van der Waals surface area contributed by atoms with Gasteiger partial charge in [0.15, 0.2) is 6.10 Å². The molecule has 2 N–H and O–H groups in total. The highest BCUT2D eigenvalue weighted by Crippen LogP contribution is 2.20. The van der Waals surface area contributed by atoms with Crippen LogP contribution in [0.25, 0.3) is 0 Å². The summed E-state index contributed by atoms with van der Waals surface area (Å²) in [6, 6.07) is 15.1. The van der Waals surface area contributed by atoms with E-state index in [1.807, 2.05) is 18.2 Å². The molecule has 1 aliphatic rings. The minimum absolute atomic E-state index is 0.190. The summed E-state index contributed by atoms with van der Waals surface area (Å²) < 4.78 is 6.08. The number of benzene rings is 2. The van der Waals surface area contributed by atoms with Crippen molar-refractivity contribution in [1.82, 2.24) is 4.90 Å². The van der Waals surface area contributed by atoms with Crippen LogP contribution in [0.3, 0.4) is 0 Å².